The quantitative estimate of drug-likeness (QED) is 0.415. The zero-order chi connectivity index (χ0) is 19.2. The van der Waals surface area contributed by atoms with Crippen molar-refractivity contribution in [2.45, 2.75) is 39.0 Å². The number of hydrogen-bond donors (Lipinski definition) is 2. The lowest BCUT2D eigenvalue weighted by atomic mass is 10.1. The van der Waals surface area contributed by atoms with Crippen LogP contribution in [-0.4, -0.2) is 24.8 Å². The number of thiophene rings is 1. The summed E-state index contributed by atoms with van der Waals surface area (Å²) >= 11 is 7.08. The van der Waals surface area contributed by atoms with Gasteiger partial charge < -0.3 is 20.1 Å². The Balaban J connectivity index is 1.82. The largest absolute Gasteiger partial charge is 0.497 e. The molecule has 1 aromatic heterocycles. The fourth-order valence-electron chi connectivity index (χ4n) is 3.22. The molecule has 144 valence electrons. The fourth-order valence-corrected chi connectivity index (χ4v) is 4.78. The van der Waals surface area contributed by atoms with Gasteiger partial charge in [0.25, 0.3) is 0 Å². The summed E-state index contributed by atoms with van der Waals surface area (Å²) in [4.78, 5) is 13.9. The maximum atomic E-state index is 12.6. The molecule has 0 aliphatic heterocycles. The Morgan fingerprint density at radius 1 is 1.22 bits per heavy atom. The summed E-state index contributed by atoms with van der Waals surface area (Å²) in [6.45, 7) is 2.18. The Labute approximate surface area is 169 Å². The van der Waals surface area contributed by atoms with E-state index in [-0.39, 0.29) is 5.97 Å². The smallest absolute Gasteiger partial charge is 0.341 e. The van der Waals surface area contributed by atoms with Crippen LogP contribution in [0.5, 0.6) is 5.75 Å². The maximum absolute atomic E-state index is 12.6. The van der Waals surface area contributed by atoms with Crippen LogP contribution in [0.25, 0.3) is 0 Å². The monoisotopic (exact) mass is 404 g/mol. The molecule has 0 atom stereocenters. The summed E-state index contributed by atoms with van der Waals surface area (Å²) < 4.78 is 10.5. The molecule has 2 aromatic rings. The number of methoxy groups -OCH3 is 1. The van der Waals surface area contributed by atoms with Crippen molar-refractivity contribution in [1.29, 1.82) is 0 Å². The van der Waals surface area contributed by atoms with Gasteiger partial charge in [0.05, 0.1) is 19.3 Å². The van der Waals surface area contributed by atoms with Gasteiger partial charge in [0.15, 0.2) is 5.11 Å². The van der Waals surface area contributed by atoms with Gasteiger partial charge in [0.2, 0.25) is 0 Å². The number of fused-ring (bicyclic) bond motifs is 1. The van der Waals surface area contributed by atoms with E-state index in [4.69, 9.17) is 21.7 Å². The van der Waals surface area contributed by atoms with Gasteiger partial charge in [-0.25, -0.2) is 4.79 Å². The van der Waals surface area contributed by atoms with Crippen LogP contribution in [0.4, 0.5) is 10.7 Å². The molecule has 1 heterocycles. The Morgan fingerprint density at radius 3 is 2.81 bits per heavy atom. The van der Waals surface area contributed by atoms with Crippen LogP contribution in [0.3, 0.4) is 0 Å². The molecule has 0 saturated heterocycles. The molecule has 0 radical (unpaired) electrons. The SMILES string of the molecule is CCOC(=O)c1c(NC(=S)Nc2cccc(OC)c2)sc2c1CCCCC2. The molecule has 3 rings (SSSR count). The zero-order valence-corrected chi connectivity index (χ0v) is 17.2. The van der Waals surface area contributed by atoms with Gasteiger partial charge in [0, 0.05) is 16.6 Å². The van der Waals surface area contributed by atoms with E-state index >= 15 is 0 Å². The van der Waals surface area contributed by atoms with Crippen LogP contribution in [0, 0.1) is 0 Å². The zero-order valence-electron chi connectivity index (χ0n) is 15.6. The van der Waals surface area contributed by atoms with Gasteiger partial charge in [-0.3, -0.25) is 0 Å². The van der Waals surface area contributed by atoms with Crippen molar-refractivity contribution in [2.24, 2.45) is 0 Å². The van der Waals surface area contributed by atoms with Gasteiger partial charge in [0.1, 0.15) is 10.8 Å². The first-order valence-corrected chi connectivity index (χ1v) is 10.4. The average Bonchev–Trinajstić information content (AvgIpc) is 2.82. The Kier molecular flexibility index (Phi) is 6.68. The lowest BCUT2D eigenvalue weighted by molar-refractivity contribution is 0.0527. The molecular formula is C20H24N2O3S2. The minimum atomic E-state index is -0.274. The Bertz CT molecular complexity index is 833. The van der Waals surface area contributed by atoms with Crippen molar-refractivity contribution < 1.29 is 14.3 Å². The maximum Gasteiger partial charge on any atom is 0.341 e. The Hall–Kier alpha value is -2.12. The minimum absolute atomic E-state index is 0.274. The third-order valence-corrected chi connectivity index (χ3v) is 5.87. The van der Waals surface area contributed by atoms with Crippen molar-refractivity contribution >= 4 is 45.3 Å². The van der Waals surface area contributed by atoms with E-state index < -0.39 is 0 Å². The second kappa shape index (κ2) is 9.19. The number of aryl methyl sites for hydroxylation is 1. The summed E-state index contributed by atoms with van der Waals surface area (Å²) in [5.74, 6) is 0.474. The molecule has 0 saturated carbocycles. The number of carbonyl (C=O) groups is 1. The third kappa shape index (κ3) is 4.78. The standard InChI is InChI=1S/C20H24N2O3S2/c1-3-25-19(23)17-15-10-5-4-6-11-16(15)27-18(17)22-20(26)21-13-8-7-9-14(12-13)24-2/h7-9,12H,3-6,10-11H2,1-2H3,(H2,21,22,26). The van der Waals surface area contributed by atoms with Gasteiger partial charge in [-0.1, -0.05) is 12.5 Å². The van der Waals surface area contributed by atoms with Crippen molar-refractivity contribution in [1.82, 2.24) is 0 Å². The first-order chi connectivity index (χ1) is 13.1. The van der Waals surface area contributed by atoms with E-state index in [9.17, 15) is 4.79 Å². The van der Waals surface area contributed by atoms with Crippen LogP contribution < -0.4 is 15.4 Å². The van der Waals surface area contributed by atoms with Crippen molar-refractivity contribution in [3.63, 3.8) is 0 Å². The molecule has 5 nitrogen and oxygen atoms in total. The number of ether oxygens (including phenoxy) is 2. The molecule has 1 aliphatic carbocycles. The highest BCUT2D eigenvalue weighted by atomic mass is 32.1. The fraction of sp³-hybridized carbons (Fsp3) is 0.400. The van der Waals surface area contributed by atoms with Crippen molar-refractivity contribution in [3.8, 4) is 5.75 Å². The lowest BCUT2D eigenvalue weighted by Gasteiger charge is -2.12. The molecule has 7 heteroatoms. The van der Waals surface area contributed by atoms with Gasteiger partial charge >= 0.3 is 5.97 Å². The van der Waals surface area contributed by atoms with E-state index in [1.165, 1.54) is 11.3 Å². The van der Waals surface area contributed by atoms with E-state index in [2.05, 4.69) is 10.6 Å². The van der Waals surface area contributed by atoms with Crippen molar-refractivity contribution in [3.05, 3.63) is 40.3 Å². The molecule has 0 unspecified atom stereocenters. The first-order valence-electron chi connectivity index (χ1n) is 9.16. The predicted molar refractivity (Wildman–Crippen MR) is 114 cm³/mol. The third-order valence-electron chi connectivity index (χ3n) is 4.46. The topological polar surface area (TPSA) is 59.6 Å². The number of esters is 1. The van der Waals surface area contributed by atoms with Crippen LogP contribution >= 0.6 is 23.6 Å². The Morgan fingerprint density at radius 2 is 2.04 bits per heavy atom. The predicted octanol–water partition coefficient (Wildman–Crippen LogP) is 5.01. The number of anilines is 2. The van der Waals surface area contributed by atoms with Crippen LogP contribution in [0.15, 0.2) is 24.3 Å². The molecule has 0 bridgehead atoms. The van der Waals surface area contributed by atoms with Gasteiger partial charge in [-0.2, -0.15) is 0 Å². The highest BCUT2D eigenvalue weighted by Gasteiger charge is 2.26. The number of thiocarbonyl (C=S) groups is 1. The number of carbonyl (C=O) groups excluding carboxylic acids is 1. The summed E-state index contributed by atoms with van der Waals surface area (Å²) in [6, 6.07) is 7.54. The van der Waals surface area contributed by atoms with E-state index in [0.717, 1.165) is 47.7 Å². The normalized spacial score (nSPS) is 13.3. The van der Waals surface area contributed by atoms with E-state index in [1.54, 1.807) is 18.4 Å². The molecular weight excluding hydrogens is 380 g/mol. The van der Waals surface area contributed by atoms with Gasteiger partial charge in [-0.15, -0.1) is 11.3 Å². The molecule has 2 N–H and O–H groups in total. The first kappa shape index (κ1) is 19.6. The highest BCUT2D eigenvalue weighted by molar-refractivity contribution is 7.80. The number of hydrogen-bond acceptors (Lipinski definition) is 5. The summed E-state index contributed by atoms with van der Waals surface area (Å²) in [5.41, 5.74) is 2.60. The second-order valence-electron chi connectivity index (χ2n) is 6.30. The van der Waals surface area contributed by atoms with Crippen LogP contribution in [0.1, 0.15) is 47.0 Å². The van der Waals surface area contributed by atoms with Crippen LogP contribution in [-0.2, 0) is 17.6 Å². The summed E-state index contributed by atoms with van der Waals surface area (Å²) in [6.07, 6.45) is 5.37. The average molecular weight is 405 g/mol. The molecule has 27 heavy (non-hydrogen) atoms. The van der Waals surface area contributed by atoms with E-state index in [1.807, 2.05) is 31.2 Å². The number of nitrogens with one attached hydrogen (secondary N) is 2. The molecule has 0 amide bonds. The minimum Gasteiger partial charge on any atom is -0.497 e. The molecule has 1 aromatic carbocycles. The summed E-state index contributed by atoms with van der Waals surface area (Å²) in [7, 11) is 1.63. The second-order valence-corrected chi connectivity index (χ2v) is 7.81. The highest BCUT2D eigenvalue weighted by Crippen LogP contribution is 2.38. The number of rotatable bonds is 5. The number of benzene rings is 1. The van der Waals surface area contributed by atoms with Gasteiger partial charge in [-0.05, 0) is 62.5 Å². The molecule has 0 spiro atoms. The van der Waals surface area contributed by atoms with Crippen molar-refractivity contribution in [2.75, 3.05) is 24.4 Å². The van der Waals surface area contributed by atoms with E-state index in [0.29, 0.717) is 17.3 Å². The van der Waals surface area contributed by atoms with Crippen LogP contribution in [0.2, 0.25) is 0 Å². The molecule has 0 fully saturated rings. The molecule has 1 aliphatic rings. The summed E-state index contributed by atoms with van der Waals surface area (Å²) in [5, 5.41) is 7.56. The lowest BCUT2D eigenvalue weighted by Crippen LogP contribution is -2.20.